The smallest absolute Gasteiger partial charge is 0.231 e. The lowest BCUT2D eigenvalue weighted by molar-refractivity contribution is -0.131. The van der Waals surface area contributed by atoms with E-state index in [9.17, 15) is 4.79 Å². The standard InChI is InChI=1S/C16H23NO2/c1-3-13(2)17-15(18)16(9-11-19-12-10-16)14-7-5-4-6-8-14/h4-8,13H,3,9-12H2,1-2H3,(H,17,18). The Hall–Kier alpha value is -1.35. The van der Waals surface area contributed by atoms with Crippen LogP contribution in [0.4, 0.5) is 0 Å². The first-order valence-corrected chi connectivity index (χ1v) is 7.13. The summed E-state index contributed by atoms with van der Waals surface area (Å²) in [7, 11) is 0. The summed E-state index contributed by atoms with van der Waals surface area (Å²) < 4.78 is 5.45. The molecule has 19 heavy (non-hydrogen) atoms. The molecule has 0 bridgehead atoms. The van der Waals surface area contributed by atoms with Crippen molar-refractivity contribution >= 4 is 5.91 Å². The molecule has 0 aromatic heterocycles. The second-order valence-corrected chi connectivity index (χ2v) is 5.34. The van der Waals surface area contributed by atoms with Crippen LogP contribution in [0.1, 0.15) is 38.7 Å². The predicted molar refractivity (Wildman–Crippen MR) is 76.1 cm³/mol. The van der Waals surface area contributed by atoms with Gasteiger partial charge in [0.1, 0.15) is 0 Å². The first-order valence-electron chi connectivity index (χ1n) is 7.13. The first kappa shape index (κ1) is 14.1. The molecule has 3 nitrogen and oxygen atoms in total. The second-order valence-electron chi connectivity index (χ2n) is 5.34. The van der Waals surface area contributed by atoms with Gasteiger partial charge in [-0.2, -0.15) is 0 Å². The molecular formula is C16H23NO2. The molecule has 104 valence electrons. The van der Waals surface area contributed by atoms with Crippen molar-refractivity contribution in [1.29, 1.82) is 0 Å². The van der Waals surface area contributed by atoms with Gasteiger partial charge in [0.2, 0.25) is 5.91 Å². The number of nitrogens with one attached hydrogen (secondary N) is 1. The first-order chi connectivity index (χ1) is 9.19. The molecule has 3 heteroatoms. The maximum absolute atomic E-state index is 12.7. The Kier molecular flexibility index (Phi) is 4.59. The van der Waals surface area contributed by atoms with Crippen LogP contribution in [-0.4, -0.2) is 25.2 Å². The highest BCUT2D eigenvalue weighted by atomic mass is 16.5. The van der Waals surface area contributed by atoms with Gasteiger partial charge in [-0.25, -0.2) is 0 Å². The van der Waals surface area contributed by atoms with Crippen LogP contribution in [0, 0.1) is 0 Å². The van der Waals surface area contributed by atoms with Gasteiger partial charge in [-0.3, -0.25) is 4.79 Å². The molecule has 1 fully saturated rings. The van der Waals surface area contributed by atoms with Gasteiger partial charge in [0, 0.05) is 19.3 Å². The molecule has 0 spiro atoms. The Morgan fingerprint density at radius 3 is 2.53 bits per heavy atom. The second kappa shape index (κ2) is 6.20. The van der Waals surface area contributed by atoms with Crippen LogP contribution in [-0.2, 0) is 14.9 Å². The van der Waals surface area contributed by atoms with Crippen molar-refractivity contribution in [1.82, 2.24) is 5.32 Å². The van der Waals surface area contributed by atoms with Crippen molar-refractivity contribution in [3.05, 3.63) is 35.9 Å². The largest absolute Gasteiger partial charge is 0.381 e. The lowest BCUT2D eigenvalue weighted by Gasteiger charge is -2.37. The summed E-state index contributed by atoms with van der Waals surface area (Å²) in [5, 5.41) is 3.14. The van der Waals surface area contributed by atoms with Gasteiger partial charge in [0.25, 0.3) is 0 Å². The van der Waals surface area contributed by atoms with Gasteiger partial charge >= 0.3 is 0 Å². The van der Waals surface area contributed by atoms with Crippen molar-refractivity contribution in [2.75, 3.05) is 13.2 Å². The Balaban J connectivity index is 2.27. The molecule has 1 aliphatic heterocycles. The maximum Gasteiger partial charge on any atom is 0.231 e. The molecular weight excluding hydrogens is 238 g/mol. The van der Waals surface area contributed by atoms with E-state index in [2.05, 4.69) is 31.3 Å². The average molecular weight is 261 g/mol. The van der Waals surface area contributed by atoms with E-state index in [1.165, 1.54) is 0 Å². The SMILES string of the molecule is CCC(C)NC(=O)C1(c2ccccc2)CCOCC1. The molecule has 1 aliphatic rings. The lowest BCUT2D eigenvalue weighted by Crippen LogP contribution is -2.50. The normalized spacial score (nSPS) is 19.7. The molecule has 1 unspecified atom stereocenters. The molecule has 1 N–H and O–H groups in total. The predicted octanol–water partition coefficient (Wildman–Crippen LogP) is 2.65. The van der Waals surface area contributed by atoms with E-state index in [0.717, 1.165) is 24.8 Å². The highest BCUT2D eigenvalue weighted by Gasteiger charge is 2.41. The third kappa shape index (κ3) is 2.98. The molecule has 2 rings (SSSR count). The van der Waals surface area contributed by atoms with Crippen LogP contribution in [0.5, 0.6) is 0 Å². The zero-order valence-corrected chi connectivity index (χ0v) is 11.8. The number of carbonyl (C=O) groups is 1. The van der Waals surface area contributed by atoms with Gasteiger partial charge in [-0.1, -0.05) is 37.3 Å². The van der Waals surface area contributed by atoms with Crippen LogP contribution in [0.25, 0.3) is 0 Å². The minimum absolute atomic E-state index is 0.149. The Morgan fingerprint density at radius 2 is 1.95 bits per heavy atom. The van der Waals surface area contributed by atoms with Crippen LogP contribution < -0.4 is 5.32 Å². The summed E-state index contributed by atoms with van der Waals surface area (Å²) in [6.45, 7) is 5.45. The average Bonchev–Trinajstić information content (AvgIpc) is 2.48. The topological polar surface area (TPSA) is 38.3 Å². The fourth-order valence-corrected chi connectivity index (χ4v) is 2.59. The molecule has 1 aromatic carbocycles. The van der Waals surface area contributed by atoms with Gasteiger partial charge in [0.15, 0.2) is 0 Å². The van der Waals surface area contributed by atoms with Gasteiger partial charge < -0.3 is 10.1 Å². The lowest BCUT2D eigenvalue weighted by atomic mass is 9.73. The summed E-state index contributed by atoms with van der Waals surface area (Å²) in [4.78, 5) is 12.7. The number of amides is 1. The Labute approximate surface area is 115 Å². The minimum Gasteiger partial charge on any atom is -0.381 e. The zero-order chi connectivity index (χ0) is 13.7. The van der Waals surface area contributed by atoms with Crippen LogP contribution in [0.3, 0.4) is 0 Å². The molecule has 1 heterocycles. The van der Waals surface area contributed by atoms with E-state index >= 15 is 0 Å². The third-order valence-corrected chi connectivity index (χ3v) is 4.10. The van der Waals surface area contributed by atoms with Crippen molar-refractivity contribution < 1.29 is 9.53 Å². The van der Waals surface area contributed by atoms with Crippen LogP contribution in [0.15, 0.2) is 30.3 Å². The summed E-state index contributed by atoms with van der Waals surface area (Å²) in [5.74, 6) is 0.149. The monoisotopic (exact) mass is 261 g/mol. The van der Waals surface area contributed by atoms with E-state index in [-0.39, 0.29) is 11.9 Å². The molecule has 0 aliphatic carbocycles. The van der Waals surface area contributed by atoms with Gasteiger partial charge in [-0.05, 0) is 31.7 Å². The fraction of sp³-hybridized carbons (Fsp3) is 0.562. The number of benzene rings is 1. The van der Waals surface area contributed by atoms with E-state index in [0.29, 0.717) is 13.2 Å². The van der Waals surface area contributed by atoms with Crippen molar-refractivity contribution in [2.45, 2.75) is 44.6 Å². The van der Waals surface area contributed by atoms with Gasteiger partial charge in [-0.15, -0.1) is 0 Å². The van der Waals surface area contributed by atoms with Crippen molar-refractivity contribution in [3.8, 4) is 0 Å². The van der Waals surface area contributed by atoms with E-state index in [4.69, 9.17) is 4.74 Å². The van der Waals surface area contributed by atoms with E-state index in [1.807, 2.05) is 18.2 Å². The zero-order valence-electron chi connectivity index (χ0n) is 11.8. The van der Waals surface area contributed by atoms with Crippen molar-refractivity contribution in [2.24, 2.45) is 0 Å². The van der Waals surface area contributed by atoms with E-state index < -0.39 is 5.41 Å². The molecule has 1 atom stereocenters. The minimum atomic E-state index is -0.414. The maximum atomic E-state index is 12.7. The quantitative estimate of drug-likeness (QED) is 0.905. The third-order valence-electron chi connectivity index (χ3n) is 4.10. The van der Waals surface area contributed by atoms with E-state index in [1.54, 1.807) is 0 Å². The number of hydrogen-bond donors (Lipinski definition) is 1. The summed E-state index contributed by atoms with van der Waals surface area (Å²) >= 11 is 0. The molecule has 0 saturated carbocycles. The summed E-state index contributed by atoms with van der Waals surface area (Å²) in [5.41, 5.74) is 0.697. The highest BCUT2D eigenvalue weighted by Crippen LogP contribution is 2.35. The van der Waals surface area contributed by atoms with Crippen LogP contribution >= 0.6 is 0 Å². The Bertz CT molecular complexity index is 410. The number of ether oxygens (including phenoxy) is 1. The van der Waals surface area contributed by atoms with Crippen LogP contribution in [0.2, 0.25) is 0 Å². The summed E-state index contributed by atoms with van der Waals surface area (Å²) in [6.07, 6.45) is 2.48. The highest BCUT2D eigenvalue weighted by molar-refractivity contribution is 5.88. The fourth-order valence-electron chi connectivity index (χ4n) is 2.59. The Morgan fingerprint density at radius 1 is 1.32 bits per heavy atom. The summed E-state index contributed by atoms with van der Waals surface area (Å²) in [6, 6.07) is 10.3. The van der Waals surface area contributed by atoms with Gasteiger partial charge in [0.05, 0.1) is 5.41 Å². The number of carbonyl (C=O) groups excluding carboxylic acids is 1. The molecule has 1 saturated heterocycles. The number of rotatable bonds is 4. The number of hydrogen-bond acceptors (Lipinski definition) is 2. The van der Waals surface area contributed by atoms with Crippen molar-refractivity contribution in [3.63, 3.8) is 0 Å². The molecule has 1 amide bonds. The molecule has 1 aromatic rings. The molecule has 0 radical (unpaired) electrons.